The maximum Gasteiger partial charge on any atom is 0.419 e. The zero-order chi connectivity index (χ0) is 30.0. The number of alkyl halides is 3. The molecule has 0 aliphatic carbocycles. The van der Waals surface area contributed by atoms with E-state index in [1.807, 2.05) is 0 Å². The SMILES string of the molecule is C=CCOC(=O)Cc1ccc(-c2ccc(OCc3ccc(C(F)(F)F)c(OCOC)c3C(OC)OC)c(F)c2)cc1. The van der Waals surface area contributed by atoms with Crippen LogP contribution in [0.4, 0.5) is 17.6 Å². The lowest BCUT2D eigenvalue weighted by Gasteiger charge is -2.24. The first-order valence-corrected chi connectivity index (χ1v) is 12.3. The highest BCUT2D eigenvalue weighted by molar-refractivity contribution is 5.73. The Morgan fingerprint density at radius 3 is 2.22 bits per heavy atom. The van der Waals surface area contributed by atoms with E-state index in [1.165, 1.54) is 45.6 Å². The van der Waals surface area contributed by atoms with E-state index in [0.29, 0.717) is 11.1 Å². The highest BCUT2D eigenvalue weighted by Gasteiger charge is 2.38. The normalized spacial score (nSPS) is 11.4. The van der Waals surface area contributed by atoms with Gasteiger partial charge in [-0.3, -0.25) is 4.79 Å². The third kappa shape index (κ3) is 8.29. The summed E-state index contributed by atoms with van der Waals surface area (Å²) in [6, 6.07) is 13.3. The van der Waals surface area contributed by atoms with Crippen LogP contribution in [0.2, 0.25) is 0 Å². The van der Waals surface area contributed by atoms with Crippen molar-refractivity contribution in [3.8, 4) is 22.6 Å². The predicted octanol–water partition coefficient (Wildman–Crippen LogP) is 6.64. The van der Waals surface area contributed by atoms with Gasteiger partial charge >= 0.3 is 12.1 Å². The fourth-order valence-corrected chi connectivity index (χ4v) is 3.99. The molecule has 3 aromatic rings. The van der Waals surface area contributed by atoms with Crippen LogP contribution >= 0.6 is 0 Å². The Morgan fingerprint density at radius 1 is 0.951 bits per heavy atom. The average molecular weight is 579 g/mol. The molecule has 0 radical (unpaired) electrons. The number of carbonyl (C=O) groups excluding carboxylic acids is 1. The Kier molecular flexibility index (Phi) is 11.3. The fourth-order valence-electron chi connectivity index (χ4n) is 3.99. The van der Waals surface area contributed by atoms with E-state index in [4.69, 9.17) is 28.4 Å². The summed E-state index contributed by atoms with van der Waals surface area (Å²) in [5, 5.41) is 0. The molecule has 0 fully saturated rings. The van der Waals surface area contributed by atoms with Crippen molar-refractivity contribution in [2.24, 2.45) is 0 Å². The summed E-state index contributed by atoms with van der Waals surface area (Å²) in [5.74, 6) is -1.73. The van der Waals surface area contributed by atoms with Crippen molar-refractivity contribution in [2.45, 2.75) is 25.5 Å². The van der Waals surface area contributed by atoms with Crippen LogP contribution in [0.25, 0.3) is 11.1 Å². The van der Waals surface area contributed by atoms with E-state index in [-0.39, 0.29) is 42.5 Å². The molecule has 0 saturated carbocycles. The molecule has 0 N–H and O–H groups in total. The summed E-state index contributed by atoms with van der Waals surface area (Å²) in [5.41, 5.74) is 1.10. The van der Waals surface area contributed by atoms with Crippen molar-refractivity contribution >= 4 is 5.97 Å². The van der Waals surface area contributed by atoms with Crippen molar-refractivity contribution in [3.63, 3.8) is 0 Å². The highest BCUT2D eigenvalue weighted by atomic mass is 19.4. The zero-order valence-electron chi connectivity index (χ0n) is 22.8. The summed E-state index contributed by atoms with van der Waals surface area (Å²) < 4.78 is 87.5. The van der Waals surface area contributed by atoms with Crippen LogP contribution < -0.4 is 9.47 Å². The minimum absolute atomic E-state index is 0.0626. The van der Waals surface area contributed by atoms with Gasteiger partial charge < -0.3 is 28.4 Å². The van der Waals surface area contributed by atoms with Gasteiger partial charge in [0, 0.05) is 26.9 Å². The van der Waals surface area contributed by atoms with Gasteiger partial charge in [-0.25, -0.2) is 4.39 Å². The van der Waals surface area contributed by atoms with Crippen LogP contribution in [-0.2, 0) is 42.9 Å². The Morgan fingerprint density at radius 2 is 1.63 bits per heavy atom. The molecule has 0 heterocycles. The lowest BCUT2D eigenvalue weighted by Crippen LogP contribution is -2.17. The van der Waals surface area contributed by atoms with E-state index in [9.17, 15) is 18.0 Å². The quantitative estimate of drug-likeness (QED) is 0.0920. The van der Waals surface area contributed by atoms with Crippen molar-refractivity contribution < 1.29 is 50.8 Å². The molecule has 0 bridgehead atoms. The molecule has 0 amide bonds. The third-order valence-electron chi connectivity index (χ3n) is 5.89. The molecular weight excluding hydrogens is 548 g/mol. The van der Waals surface area contributed by atoms with E-state index < -0.39 is 36.4 Å². The molecule has 3 aromatic carbocycles. The molecule has 3 rings (SSSR count). The van der Waals surface area contributed by atoms with E-state index >= 15 is 4.39 Å². The minimum Gasteiger partial charge on any atom is -0.486 e. The summed E-state index contributed by atoms with van der Waals surface area (Å²) in [7, 11) is 3.80. The van der Waals surface area contributed by atoms with Crippen LogP contribution in [0.3, 0.4) is 0 Å². The van der Waals surface area contributed by atoms with Crippen LogP contribution in [0.15, 0.2) is 67.3 Å². The van der Waals surface area contributed by atoms with Crippen LogP contribution in [0.5, 0.6) is 11.5 Å². The van der Waals surface area contributed by atoms with Gasteiger partial charge in [0.1, 0.15) is 19.0 Å². The van der Waals surface area contributed by atoms with Gasteiger partial charge in [-0.2, -0.15) is 13.2 Å². The Bertz CT molecular complexity index is 1320. The molecular formula is C30H30F4O7. The van der Waals surface area contributed by atoms with Crippen LogP contribution in [-0.4, -0.2) is 40.7 Å². The van der Waals surface area contributed by atoms with Crippen molar-refractivity contribution in [3.05, 3.63) is 95.3 Å². The van der Waals surface area contributed by atoms with Gasteiger partial charge in [-0.1, -0.05) is 49.1 Å². The molecule has 0 unspecified atom stereocenters. The van der Waals surface area contributed by atoms with E-state index in [1.54, 1.807) is 30.3 Å². The van der Waals surface area contributed by atoms with E-state index in [0.717, 1.165) is 11.6 Å². The van der Waals surface area contributed by atoms with Crippen LogP contribution in [0, 0.1) is 5.82 Å². The number of benzene rings is 3. The average Bonchev–Trinajstić information content (AvgIpc) is 2.95. The second-order valence-electron chi connectivity index (χ2n) is 8.65. The Labute approximate surface area is 235 Å². The smallest absolute Gasteiger partial charge is 0.419 e. The number of hydrogen-bond acceptors (Lipinski definition) is 7. The number of carbonyl (C=O) groups is 1. The molecule has 0 aliphatic rings. The third-order valence-corrected chi connectivity index (χ3v) is 5.89. The van der Waals surface area contributed by atoms with Gasteiger partial charge in [0.25, 0.3) is 0 Å². The number of methoxy groups -OCH3 is 3. The summed E-state index contributed by atoms with van der Waals surface area (Å²) in [4.78, 5) is 11.8. The Hall–Kier alpha value is -3.93. The molecule has 0 aliphatic heterocycles. The first-order chi connectivity index (χ1) is 19.6. The second-order valence-corrected chi connectivity index (χ2v) is 8.65. The number of rotatable bonds is 14. The van der Waals surface area contributed by atoms with Gasteiger partial charge in [0.05, 0.1) is 17.5 Å². The zero-order valence-corrected chi connectivity index (χ0v) is 22.8. The molecule has 41 heavy (non-hydrogen) atoms. The molecule has 220 valence electrons. The summed E-state index contributed by atoms with van der Waals surface area (Å²) in [6.07, 6.45) is -4.40. The van der Waals surface area contributed by atoms with Crippen molar-refractivity contribution in [2.75, 3.05) is 34.7 Å². The van der Waals surface area contributed by atoms with E-state index in [2.05, 4.69) is 6.58 Å². The van der Waals surface area contributed by atoms with Gasteiger partial charge in [0.15, 0.2) is 24.6 Å². The lowest BCUT2D eigenvalue weighted by atomic mass is 10.0. The minimum atomic E-state index is -4.74. The van der Waals surface area contributed by atoms with Gasteiger partial charge in [-0.15, -0.1) is 0 Å². The maximum absolute atomic E-state index is 15.0. The van der Waals surface area contributed by atoms with Crippen molar-refractivity contribution in [1.82, 2.24) is 0 Å². The monoisotopic (exact) mass is 578 g/mol. The number of hydrogen-bond donors (Lipinski definition) is 0. The maximum atomic E-state index is 15.0. The molecule has 0 atom stereocenters. The lowest BCUT2D eigenvalue weighted by molar-refractivity contribution is -0.142. The van der Waals surface area contributed by atoms with Crippen molar-refractivity contribution in [1.29, 1.82) is 0 Å². The summed E-state index contributed by atoms with van der Waals surface area (Å²) in [6.45, 7) is 2.85. The number of esters is 1. The summed E-state index contributed by atoms with van der Waals surface area (Å²) >= 11 is 0. The first kappa shape index (κ1) is 31.6. The van der Waals surface area contributed by atoms with Gasteiger partial charge in [-0.05, 0) is 34.9 Å². The second kappa shape index (κ2) is 14.6. The topological polar surface area (TPSA) is 72.5 Å². The fraction of sp³-hybridized carbons (Fsp3) is 0.300. The standard InChI is InChI=1S/C30H30F4O7/c1-5-14-39-26(35)15-19-6-8-20(9-7-19)21-11-13-25(24(31)16-21)40-17-22-10-12-23(30(32,33)34)28(41-18-36-2)27(22)29(37-3)38-4/h5-13,16,29H,1,14-15,17-18H2,2-4H3. The van der Waals surface area contributed by atoms with Crippen LogP contribution in [0.1, 0.15) is 28.5 Å². The largest absolute Gasteiger partial charge is 0.486 e. The molecule has 0 aromatic heterocycles. The molecule has 11 heteroatoms. The highest BCUT2D eigenvalue weighted by Crippen LogP contribution is 2.43. The molecule has 0 spiro atoms. The number of ether oxygens (including phenoxy) is 6. The first-order valence-electron chi connectivity index (χ1n) is 12.3. The van der Waals surface area contributed by atoms with Gasteiger partial charge in [0.2, 0.25) is 0 Å². The molecule has 7 nitrogen and oxygen atoms in total. The molecule has 0 saturated heterocycles. The Balaban J connectivity index is 1.83. The number of halogens is 4. The predicted molar refractivity (Wildman–Crippen MR) is 142 cm³/mol.